The summed E-state index contributed by atoms with van der Waals surface area (Å²) >= 11 is 0. The van der Waals surface area contributed by atoms with Crippen molar-refractivity contribution in [3.05, 3.63) is 24.4 Å². The van der Waals surface area contributed by atoms with Crippen LogP contribution in [0, 0.1) is 11.8 Å². The van der Waals surface area contributed by atoms with Crippen LogP contribution in [0.1, 0.15) is 46.1 Å². The third kappa shape index (κ3) is 4.38. The molecular weight excluding hydrogens is 376 g/mol. The number of amides is 3. The molecule has 0 unspecified atom stereocenters. The molecule has 3 rings (SSSR count). The number of carbonyl (C=O) groups excluding carboxylic acids is 4. The highest BCUT2D eigenvalue weighted by Crippen LogP contribution is 2.35. The second-order valence-corrected chi connectivity index (χ2v) is 7.61. The molecule has 0 spiro atoms. The highest BCUT2D eigenvalue weighted by molar-refractivity contribution is 6.05. The van der Waals surface area contributed by atoms with Gasteiger partial charge in [0.25, 0.3) is 5.91 Å². The zero-order chi connectivity index (χ0) is 21.1. The van der Waals surface area contributed by atoms with Crippen molar-refractivity contribution >= 4 is 29.5 Å². The molecule has 156 valence electrons. The van der Waals surface area contributed by atoms with Crippen molar-refractivity contribution in [3.63, 3.8) is 0 Å². The number of nitrogens with zero attached hydrogens (tertiary/aromatic N) is 3. The average molecular weight is 402 g/mol. The molecule has 0 saturated carbocycles. The van der Waals surface area contributed by atoms with E-state index >= 15 is 0 Å². The highest BCUT2D eigenvalue weighted by atomic mass is 16.5. The lowest BCUT2D eigenvalue weighted by atomic mass is 9.85. The number of allylic oxidation sites excluding steroid dienone is 2. The summed E-state index contributed by atoms with van der Waals surface area (Å²) in [7, 11) is 0. The molecule has 1 aromatic rings. The number of fused-ring (bicyclic) bond motifs is 1. The number of anilines is 1. The summed E-state index contributed by atoms with van der Waals surface area (Å²) in [6.45, 7) is 5.30. The minimum atomic E-state index is -1.02. The maximum Gasteiger partial charge on any atom is 0.308 e. The minimum Gasteiger partial charge on any atom is -0.452 e. The van der Waals surface area contributed by atoms with Crippen LogP contribution in [-0.2, 0) is 23.9 Å². The van der Waals surface area contributed by atoms with Gasteiger partial charge in [-0.2, -0.15) is 5.10 Å². The molecule has 1 fully saturated rings. The van der Waals surface area contributed by atoms with Crippen LogP contribution in [-0.4, -0.2) is 51.0 Å². The van der Waals surface area contributed by atoms with Crippen molar-refractivity contribution in [2.24, 2.45) is 11.8 Å². The SMILES string of the molecule is CC(C)n1nccc1NC(=O)[C@@H](C)OC(=O)CCN1C(=O)[C@H]2CC=CC[C@@H]2C1=O. The number of esters is 1. The molecule has 3 atom stereocenters. The van der Waals surface area contributed by atoms with Crippen LogP contribution in [0.15, 0.2) is 24.4 Å². The maximum absolute atomic E-state index is 12.4. The number of ether oxygens (including phenoxy) is 1. The van der Waals surface area contributed by atoms with E-state index in [1.165, 1.54) is 6.92 Å². The van der Waals surface area contributed by atoms with Gasteiger partial charge < -0.3 is 10.1 Å². The second kappa shape index (κ2) is 8.59. The first-order valence-corrected chi connectivity index (χ1v) is 9.83. The van der Waals surface area contributed by atoms with E-state index < -0.39 is 18.0 Å². The van der Waals surface area contributed by atoms with E-state index in [1.807, 2.05) is 26.0 Å². The lowest BCUT2D eigenvalue weighted by Crippen LogP contribution is -2.35. The van der Waals surface area contributed by atoms with Crippen LogP contribution in [0.3, 0.4) is 0 Å². The van der Waals surface area contributed by atoms with Crippen molar-refractivity contribution in [1.29, 1.82) is 0 Å². The average Bonchev–Trinajstić information content (AvgIpc) is 3.24. The zero-order valence-electron chi connectivity index (χ0n) is 16.8. The Morgan fingerprint density at radius 2 is 1.79 bits per heavy atom. The van der Waals surface area contributed by atoms with E-state index in [2.05, 4.69) is 10.4 Å². The van der Waals surface area contributed by atoms with E-state index in [4.69, 9.17) is 4.74 Å². The maximum atomic E-state index is 12.4. The molecule has 0 bridgehead atoms. The number of hydrogen-bond donors (Lipinski definition) is 1. The fraction of sp³-hybridized carbons (Fsp3) is 0.550. The Hall–Kier alpha value is -2.97. The summed E-state index contributed by atoms with van der Waals surface area (Å²) in [6, 6.07) is 1.72. The van der Waals surface area contributed by atoms with Crippen LogP contribution < -0.4 is 5.32 Å². The summed E-state index contributed by atoms with van der Waals surface area (Å²) in [5, 5.41) is 6.81. The minimum absolute atomic E-state index is 0.0298. The Morgan fingerprint density at radius 3 is 2.38 bits per heavy atom. The fourth-order valence-corrected chi connectivity index (χ4v) is 3.65. The number of hydrogen-bond acceptors (Lipinski definition) is 6. The summed E-state index contributed by atoms with van der Waals surface area (Å²) in [4.78, 5) is 50.4. The molecule has 29 heavy (non-hydrogen) atoms. The van der Waals surface area contributed by atoms with Crippen molar-refractivity contribution in [2.45, 2.75) is 52.2 Å². The van der Waals surface area contributed by atoms with Crippen LogP contribution in [0.2, 0.25) is 0 Å². The Balaban J connectivity index is 1.49. The van der Waals surface area contributed by atoms with Gasteiger partial charge in [0.1, 0.15) is 5.82 Å². The first-order valence-electron chi connectivity index (χ1n) is 9.83. The molecule has 9 heteroatoms. The molecular formula is C20H26N4O5. The van der Waals surface area contributed by atoms with Gasteiger partial charge in [-0.05, 0) is 33.6 Å². The molecule has 1 aromatic heterocycles. The van der Waals surface area contributed by atoms with Crippen LogP contribution in [0.4, 0.5) is 5.82 Å². The van der Waals surface area contributed by atoms with E-state index in [0.29, 0.717) is 18.7 Å². The Morgan fingerprint density at radius 1 is 1.17 bits per heavy atom. The van der Waals surface area contributed by atoms with Gasteiger partial charge in [0.2, 0.25) is 11.8 Å². The van der Waals surface area contributed by atoms with Crippen LogP contribution in [0.25, 0.3) is 0 Å². The quantitative estimate of drug-likeness (QED) is 0.422. The lowest BCUT2D eigenvalue weighted by molar-refractivity contribution is -0.154. The Bertz CT molecular complexity index is 818. The summed E-state index contributed by atoms with van der Waals surface area (Å²) in [5.74, 6) is -1.71. The van der Waals surface area contributed by atoms with E-state index in [1.54, 1.807) is 16.9 Å². The number of rotatable bonds is 7. The molecule has 1 aliphatic carbocycles. The third-order valence-electron chi connectivity index (χ3n) is 5.23. The number of likely N-dealkylation sites (tertiary alicyclic amines) is 1. The van der Waals surface area contributed by atoms with E-state index in [9.17, 15) is 19.2 Å². The van der Waals surface area contributed by atoms with Gasteiger partial charge in [-0.3, -0.25) is 24.1 Å². The van der Waals surface area contributed by atoms with Crippen molar-refractivity contribution in [3.8, 4) is 0 Å². The number of imide groups is 1. The molecule has 1 N–H and O–H groups in total. The normalized spacial score (nSPS) is 22.0. The smallest absolute Gasteiger partial charge is 0.308 e. The van der Waals surface area contributed by atoms with E-state index in [0.717, 1.165) is 4.90 Å². The van der Waals surface area contributed by atoms with Crippen LogP contribution >= 0.6 is 0 Å². The highest BCUT2D eigenvalue weighted by Gasteiger charge is 2.47. The Labute approximate surface area is 169 Å². The number of carbonyl (C=O) groups is 4. The fourth-order valence-electron chi connectivity index (χ4n) is 3.65. The topological polar surface area (TPSA) is 111 Å². The molecule has 2 aliphatic rings. The number of nitrogens with one attached hydrogen (secondary N) is 1. The second-order valence-electron chi connectivity index (χ2n) is 7.61. The van der Waals surface area contributed by atoms with Gasteiger partial charge in [-0.15, -0.1) is 0 Å². The van der Waals surface area contributed by atoms with Gasteiger partial charge in [0, 0.05) is 18.7 Å². The largest absolute Gasteiger partial charge is 0.452 e. The molecule has 3 amide bonds. The standard InChI is InChI=1S/C20H26N4O5/c1-12(2)24-16(8-10-21-24)22-18(26)13(3)29-17(25)9-11-23-19(27)14-6-4-5-7-15(14)20(23)28/h4-5,8,10,12-15H,6-7,9,11H2,1-3H3,(H,22,26)/t13-,14+,15+/m1/s1. The van der Waals surface area contributed by atoms with Crippen molar-refractivity contribution in [2.75, 3.05) is 11.9 Å². The van der Waals surface area contributed by atoms with Gasteiger partial charge in [-0.25, -0.2) is 4.68 Å². The lowest BCUT2D eigenvalue weighted by Gasteiger charge is -2.17. The molecule has 2 heterocycles. The van der Waals surface area contributed by atoms with E-state index in [-0.39, 0.29) is 42.7 Å². The van der Waals surface area contributed by atoms with Crippen molar-refractivity contribution in [1.82, 2.24) is 14.7 Å². The summed E-state index contributed by atoms with van der Waals surface area (Å²) in [5.41, 5.74) is 0. The molecule has 1 saturated heterocycles. The van der Waals surface area contributed by atoms with Gasteiger partial charge in [0.15, 0.2) is 6.10 Å². The predicted molar refractivity (Wildman–Crippen MR) is 103 cm³/mol. The summed E-state index contributed by atoms with van der Waals surface area (Å²) < 4.78 is 6.81. The monoisotopic (exact) mass is 402 g/mol. The molecule has 9 nitrogen and oxygen atoms in total. The van der Waals surface area contributed by atoms with Gasteiger partial charge >= 0.3 is 5.97 Å². The third-order valence-corrected chi connectivity index (χ3v) is 5.23. The molecule has 1 aliphatic heterocycles. The van der Waals surface area contributed by atoms with Gasteiger partial charge in [0.05, 0.1) is 24.5 Å². The van der Waals surface area contributed by atoms with Gasteiger partial charge in [-0.1, -0.05) is 12.2 Å². The number of aromatic nitrogens is 2. The Kier molecular flexibility index (Phi) is 6.14. The molecule has 0 aromatic carbocycles. The first kappa shape index (κ1) is 20.8. The zero-order valence-corrected chi connectivity index (χ0v) is 16.8. The van der Waals surface area contributed by atoms with Crippen molar-refractivity contribution < 1.29 is 23.9 Å². The predicted octanol–water partition coefficient (Wildman–Crippen LogP) is 1.68. The first-order chi connectivity index (χ1) is 13.8. The van der Waals surface area contributed by atoms with Crippen LogP contribution in [0.5, 0.6) is 0 Å². The summed E-state index contributed by atoms with van der Waals surface area (Å²) in [6.07, 6.45) is 5.34. The molecule has 0 radical (unpaired) electrons.